The van der Waals surface area contributed by atoms with Crippen molar-refractivity contribution in [2.75, 3.05) is 5.32 Å². The number of carbonyl (C=O) groups is 1. The summed E-state index contributed by atoms with van der Waals surface area (Å²) < 4.78 is 1.05. The summed E-state index contributed by atoms with van der Waals surface area (Å²) in [6.45, 7) is 1.98. The number of aryl methyl sites for hydroxylation is 1. The summed E-state index contributed by atoms with van der Waals surface area (Å²) in [5, 5.41) is 4.90. The minimum atomic E-state index is 0.711. The van der Waals surface area contributed by atoms with Gasteiger partial charge in [0.15, 0.2) is 0 Å². The van der Waals surface area contributed by atoms with Crippen molar-refractivity contribution in [1.29, 1.82) is 0 Å². The lowest BCUT2D eigenvalue weighted by atomic mass is 10.0. The summed E-state index contributed by atoms with van der Waals surface area (Å²) >= 11 is 3.52. The quantitative estimate of drug-likeness (QED) is 0.826. The molecular weight excluding hydrogens is 254 g/mol. The number of hydrogen-bond acceptors (Lipinski definition) is 1. The fourth-order valence-corrected chi connectivity index (χ4v) is 2.40. The van der Waals surface area contributed by atoms with Crippen LogP contribution in [0.1, 0.15) is 5.56 Å². The molecule has 0 aliphatic rings. The molecule has 2 aromatic carbocycles. The second-order valence-corrected chi connectivity index (χ2v) is 4.21. The van der Waals surface area contributed by atoms with E-state index in [1.807, 2.05) is 37.3 Å². The van der Waals surface area contributed by atoms with E-state index in [9.17, 15) is 4.79 Å². The maximum atomic E-state index is 10.5. The number of nitrogens with one attached hydrogen (secondary N) is 1. The molecule has 1 N–H and O–H groups in total. The Morgan fingerprint density at radius 2 is 1.93 bits per heavy atom. The number of hydrogen-bond donors (Lipinski definition) is 1. The molecule has 1 amide bonds. The molecule has 0 spiro atoms. The molecule has 3 heteroatoms. The van der Waals surface area contributed by atoms with E-state index in [4.69, 9.17) is 0 Å². The number of carbonyl (C=O) groups excluding carboxylic acids is 1. The second-order valence-electron chi connectivity index (χ2n) is 3.36. The third kappa shape index (κ3) is 1.75. The van der Waals surface area contributed by atoms with Gasteiger partial charge < -0.3 is 5.32 Å². The number of anilines is 1. The minimum absolute atomic E-state index is 0.711. The van der Waals surface area contributed by atoms with Crippen LogP contribution in [-0.2, 0) is 4.79 Å². The van der Waals surface area contributed by atoms with E-state index in [1.54, 1.807) is 0 Å². The van der Waals surface area contributed by atoms with Gasteiger partial charge in [-0.15, -0.1) is 0 Å². The predicted octanol–water partition coefficient (Wildman–Crippen LogP) is 3.48. The monoisotopic (exact) mass is 263 g/mol. The van der Waals surface area contributed by atoms with Crippen LogP contribution in [-0.4, -0.2) is 6.41 Å². The normalized spacial score (nSPS) is 10.3. The zero-order valence-corrected chi connectivity index (χ0v) is 9.84. The zero-order valence-electron chi connectivity index (χ0n) is 8.25. The molecule has 0 aromatic heterocycles. The first-order valence-electron chi connectivity index (χ1n) is 4.62. The zero-order chi connectivity index (χ0) is 10.8. The van der Waals surface area contributed by atoms with Crippen molar-refractivity contribution in [3.8, 4) is 0 Å². The molecular formula is C12H10BrNO. The molecule has 0 saturated carbocycles. The molecule has 0 atom stereocenters. The molecule has 0 radical (unpaired) electrons. The highest BCUT2D eigenvalue weighted by atomic mass is 79.9. The van der Waals surface area contributed by atoms with Crippen molar-refractivity contribution in [2.24, 2.45) is 0 Å². The van der Waals surface area contributed by atoms with Crippen molar-refractivity contribution < 1.29 is 4.79 Å². The van der Waals surface area contributed by atoms with Crippen molar-refractivity contribution in [2.45, 2.75) is 6.92 Å². The molecule has 15 heavy (non-hydrogen) atoms. The molecule has 0 fully saturated rings. The third-order valence-electron chi connectivity index (χ3n) is 2.39. The SMILES string of the molecule is Cc1cc(Br)c2ccccc2c1NC=O. The van der Waals surface area contributed by atoms with E-state index in [0.29, 0.717) is 6.41 Å². The van der Waals surface area contributed by atoms with Crippen LogP contribution in [0.2, 0.25) is 0 Å². The first-order chi connectivity index (χ1) is 7.24. The Balaban J connectivity index is 2.83. The van der Waals surface area contributed by atoms with Crippen LogP contribution < -0.4 is 5.32 Å². The highest BCUT2D eigenvalue weighted by Crippen LogP contribution is 2.32. The van der Waals surface area contributed by atoms with E-state index in [1.165, 1.54) is 0 Å². The summed E-state index contributed by atoms with van der Waals surface area (Å²) in [5.74, 6) is 0. The van der Waals surface area contributed by atoms with Crippen molar-refractivity contribution in [3.05, 3.63) is 40.4 Å². The Morgan fingerprint density at radius 3 is 2.60 bits per heavy atom. The van der Waals surface area contributed by atoms with E-state index >= 15 is 0 Å². The lowest BCUT2D eigenvalue weighted by Gasteiger charge is -2.10. The van der Waals surface area contributed by atoms with Crippen molar-refractivity contribution >= 4 is 38.8 Å². The smallest absolute Gasteiger partial charge is 0.211 e. The highest BCUT2D eigenvalue weighted by molar-refractivity contribution is 9.10. The maximum Gasteiger partial charge on any atom is 0.211 e. The minimum Gasteiger partial charge on any atom is -0.328 e. The molecule has 0 aliphatic carbocycles. The van der Waals surface area contributed by atoms with E-state index < -0.39 is 0 Å². The fourth-order valence-electron chi connectivity index (χ4n) is 1.71. The van der Waals surface area contributed by atoms with Gasteiger partial charge in [0.2, 0.25) is 6.41 Å². The molecule has 2 rings (SSSR count). The van der Waals surface area contributed by atoms with Crippen molar-refractivity contribution in [1.82, 2.24) is 0 Å². The van der Waals surface area contributed by atoms with Gasteiger partial charge in [-0.25, -0.2) is 0 Å². The van der Waals surface area contributed by atoms with E-state index in [-0.39, 0.29) is 0 Å². The Morgan fingerprint density at radius 1 is 1.27 bits per heavy atom. The molecule has 76 valence electrons. The first kappa shape index (κ1) is 10.2. The van der Waals surface area contributed by atoms with Gasteiger partial charge >= 0.3 is 0 Å². The average Bonchev–Trinajstić information content (AvgIpc) is 2.24. The number of rotatable bonds is 2. The van der Waals surface area contributed by atoms with Gasteiger partial charge in [-0.3, -0.25) is 4.79 Å². The van der Waals surface area contributed by atoms with Gasteiger partial charge in [-0.05, 0) is 23.9 Å². The lowest BCUT2D eigenvalue weighted by molar-refractivity contribution is -0.105. The van der Waals surface area contributed by atoms with Crippen LogP contribution >= 0.6 is 15.9 Å². The molecule has 0 unspecified atom stereocenters. The molecule has 0 heterocycles. The van der Waals surface area contributed by atoms with Gasteiger partial charge in [-0.2, -0.15) is 0 Å². The average molecular weight is 264 g/mol. The molecule has 2 aromatic rings. The van der Waals surface area contributed by atoms with Crippen LogP contribution in [0.3, 0.4) is 0 Å². The van der Waals surface area contributed by atoms with Crippen LogP contribution in [0.4, 0.5) is 5.69 Å². The lowest BCUT2D eigenvalue weighted by Crippen LogP contribution is -1.97. The van der Waals surface area contributed by atoms with Crippen LogP contribution in [0.5, 0.6) is 0 Å². The summed E-state index contributed by atoms with van der Waals surface area (Å²) in [5.41, 5.74) is 1.93. The van der Waals surface area contributed by atoms with Gasteiger partial charge in [0.25, 0.3) is 0 Å². The number of fused-ring (bicyclic) bond motifs is 1. The highest BCUT2D eigenvalue weighted by Gasteiger charge is 2.06. The Hall–Kier alpha value is -1.35. The van der Waals surface area contributed by atoms with E-state index in [0.717, 1.165) is 26.5 Å². The maximum absolute atomic E-state index is 10.5. The van der Waals surface area contributed by atoms with Gasteiger partial charge in [-0.1, -0.05) is 40.2 Å². The Bertz CT molecular complexity index is 522. The van der Waals surface area contributed by atoms with Gasteiger partial charge in [0, 0.05) is 9.86 Å². The summed E-state index contributed by atoms with van der Waals surface area (Å²) in [7, 11) is 0. The van der Waals surface area contributed by atoms with Gasteiger partial charge in [0.05, 0.1) is 5.69 Å². The number of halogens is 1. The van der Waals surface area contributed by atoms with Crippen LogP contribution in [0.15, 0.2) is 34.8 Å². The Labute approximate surface area is 96.4 Å². The third-order valence-corrected chi connectivity index (χ3v) is 3.05. The number of benzene rings is 2. The summed E-state index contributed by atoms with van der Waals surface area (Å²) in [6.07, 6.45) is 0.711. The van der Waals surface area contributed by atoms with E-state index in [2.05, 4.69) is 21.2 Å². The summed E-state index contributed by atoms with van der Waals surface area (Å²) in [6, 6.07) is 9.97. The molecule has 0 aliphatic heterocycles. The molecule has 2 nitrogen and oxygen atoms in total. The first-order valence-corrected chi connectivity index (χ1v) is 5.41. The molecule has 0 saturated heterocycles. The predicted molar refractivity (Wildman–Crippen MR) is 66.1 cm³/mol. The topological polar surface area (TPSA) is 29.1 Å². The van der Waals surface area contributed by atoms with Crippen LogP contribution in [0, 0.1) is 6.92 Å². The fraction of sp³-hybridized carbons (Fsp3) is 0.0833. The largest absolute Gasteiger partial charge is 0.328 e. The standard InChI is InChI=1S/C12H10BrNO/c1-8-6-11(13)9-4-2-3-5-10(9)12(8)14-7-15/h2-7H,1H3,(H,14,15). The Kier molecular flexibility index (Phi) is 2.73. The van der Waals surface area contributed by atoms with Crippen LogP contribution in [0.25, 0.3) is 10.8 Å². The summed E-state index contributed by atoms with van der Waals surface area (Å²) in [4.78, 5) is 10.5. The second kappa shape index (κ2) is 4.03. The molecule has 0 bridgehead atoms. The van der Waals surface area contributed by atoms with Crippen molar-refractivity contribution in [3.63, 3.8) is 0 Å². The van der Waals surface area contributed by atoms with Gasteiger partial charge in [0.1, 0.15) is 0 Å². The number of amides is 1.